The highest BCUT2D eigenvalue weighted by Gasteiger charge is 2.31. The lowest BCUT2D eigenvalue weighted by atomic mass is 10.2. The highest BCUT2D eigenvalue weighted by atomic mass is 32.2. The van der Waals surface area contributed by atoms with Crippen molar-refractivity contribution in [2.24, 2.45) is 0 Å². The normalized spacial score (nSPS) is 16.5. The van der Waals surface area contributed by atoms with Crippen molar-refractivity contribution in [2.45, 2.75) is 18.2 Å². The maximum atomic E-state index is 12.6. The molecule has 0 saturated carbocycles. The summed E-state index contributed by atoms with van der Waals surface area (Å²) in [5, 5.41) is 9.04. The van der Waals surface area contributed by atoms with Crippen LogP contribution in [0.2, 0.25) is 0 Å². The molecule has 1 aromatic carbocycles. The van der Waals surface area contributed by atoms with Crippen molar-refractivity contribution >= 4 is 15.9 Å². The van der Waals surface area contributed by atoms with Crippen LogP contribution in [-0.2, 0) is 14.8 Å². The molecule has 0 radical (unpaired) electrons. The Balaban J connectivity index is 2.19. The van der Waals surface area contributed by atoms with Crippen LogP contribution in [0.1, 0.15) is 18.9 Å². The standard InChI is InChI=1S/C14H17N3O3S/c1-2-14(18)16-7-9-17(10-8-16)21(19,20)13-6-4-3-5-12(13)11-15/h3-6H,2,7-10H2,1H3. The van der Waals surface area contributed by atoms with Crippen molar-refractivity contribution in [2.75, 3.05) is 26.2 Å². The first-order valence-corrected chi connectivity index (χ1v) is 8.21. The lowest BCUT2D eigenvalue weighted by molar-refractivity contribution is -0.132. The molecule has 0 unspecified atom stereocenters. The predicted molar refractivity (Wildman–Crippen MR) is 76.8 cm³/mol. The number of piperazine rings is 1. The summed E-state index contributed by atoms with van der Waals surface area (Å²) in [6.07, 6.45) is 0.421. The molecule has 1 heterocycles. The van der Waals surface area contributed by atoms with Crippen molar-refractivity contribution < 1.29 is 13.2 Å². The van der Waals surface area contributed by atoms with E-state index >= 15 is 0 Å². The molecule has 1 aromatic rings. The maximum absolute atomic E-state index is 12.6. The largest absolute Gasteiger partial charge is 0.340 e. The average Bonchev–Trinajstić information content (AvgIpc) is 2.54. The third-order valence-corrected chi connectivity index (χ3v) is 5.48. The van der Waals surface area contributed by atoms with Gasteiger partial charge in [-0.05, 0) is 12.1 Å². The summed E-state index contributed by atoms with van der Waals surface area (Å²) in [7, 11) is -3.69. The Bertz CT molecular complexity index is 671. The average molecular weight is 307 g/mol. The summed E-state index contributed by atoms with van der Waals surface area (Å²) in [6, 6.07) is 8.07. The molecular weight excluding hydrogens is 290 g/mol. The number of benzene rings is 1. The van der Waals surface area contributed by atoms with Gasteiger partial charge in [-0.2, -0.15) is 9.57 Å². The number of hydrogen-bond donors (Lipinski definition) is 0. The van der Waals surface area contributed by atoms with Gasteiger partial charge in [0.15, 0.2) is 0 Å². The minimum atomic E-state index is -3.69. The van der Waals surface area contributed by atoms with Crippen LogP contribution in [-0.4, -0.2) is 49.7 Å². The smallest absolute Gasteiger partial charge is 0.244 e. The molecule has 6 nitrogen and oxygen atoms in total. The van der Waals surface area contributed by atoms with E-state index in [1.807, 2.05) is 6.07 Å². The Morgan fingerprint density at radius 2 is 1.86 bits per heavy atom. The Kier molecular flexibility index (Phi) is 4.60. The summed E-state index contributed by atoms with van der Waals surface area (Å²) in [5.74, 6) is 0.0319. The van der Waals surface area contributed by atoms with E-state index in [1.54, 1.807) is 24.0 Å². The maximum Gasteiger partial charge on any atom is 0.244 e. The van der Waals surface area contributed by atoms with Crippen LogP contribution in [0, 0.1) is 11.3 Å². The van der Waals surface area contributed by atoms with Gasteiger partial charge in [-0.3, -0.25) is 4.79 Å². The minimum absolute atomic E-state index is 0.0303. The SMILES string of the molecule is CCC(=O)N1CCN(S(=O)(=O)c2ccccc2C#N)CC1. The summed E-state index contributed by atoms with van der Waals surface area (Å²) in [5.41, 5.74) is 0.143. The molecule has 1 amide bonds. The zero-order chi connectivity index (χ0) is 15.5. The van der Waals surface area contributed by atoms with Crippen molar-refractivity contribution in [3.8, 4) is 6.07 Å². The summed E-state index contributed by atoms with van der Waals surface area (Å²) in [6.45, 7) is 3.08. The van der Waals surface area contributed by atoms with Crippen molar-refractivity contribution in [3.63, 3.8) is 0 Å². The Hall–Kier alpha value is -1.91. The number of sulfonamides is 1. The van der Waals surface area contributed by atoms with E-state index in [2.05, 4.69) is 0 Å². The van der Waals surface area contributed by atoms with Gasteiger partial charge in [0.2, 0.25) is 15.9 Å². The molecular formula is C14H17N3O3S. The molecule has 1 aliphatic heterocycles. The highest BCUT2D eigenvalue weighted by Crippen LogP contribution is 2.21. The Morgan fingerprint density at radius 1 is 1.24 bits per heavy atom. The topological polar surface area (TPSA) is 81.5 Å². The molecule has 0 spiro atoms. The van der Waals surface area contributed by atoms with E-state index in [9.17, 15) is 13.2 Å². The molecule has 7 heteroatoms. The highest BCUT2D eigenvalue weighted by molar-refractivity contribution is 7.89. The van der Waals surface area contributed by atoms with Crippen LogP contribution < -0.4 is 0 Å². The number of amides is 1. The van der Waals surface area contributed by atoms with E-state index in [4.69, 9.17) is 5.26 Å². The Labute approximate surface area is 124 Å². The van der Waals surface area contributed by atoms with Crippen LogP contribution in [0.5, 0.6) is 0 Å². The number of rotatable bonds is 3. The first-order chi connectivity index (χ1) is 10.0. The summed E-state index contributed by atoms with van der Waals surface area (Å²) in [4.78, 5) is 13.3. The van der Waals surface area contributed by atoms with Gasteiger partial charge in [0.1, 0.15) is 6.07 Å². The van der Waals surface area contributed by atoms with Gasteiger partial charge in [-0.1, -0.05) is 19.1 Å². The lowest BCUT2D eigenvalue weighted by Gasteiger charge is -2.34. The second kappa shape index (κ2) is 6.24. The van der Waals surface area contributed by atoms with Gasteiger partial charge in [0.05, 0.1) is 10.5 Å². The molecule has 1 saturated heterocycles. The zero-order valence-electron chi connectivity index (χ0n) is 11.8. The summed E-state index contributed by atoms with van der Waals surface area (Å²) >= 11 is 0. The molecule has 2 rings (SSSR count). The van der Waals surface area contributed by atoms with Gasteiger partial charge in [-0.25, -0.2) is 8.42 Å². The number of carbonyl (C=O) groups excluding carboxylic acids is 1. The van der Waals surface area contributed by atoms with Gasteiger partial charge in [0, 0.05) is 32.6 Å². The third-order valence-electron chi connectivity index (χ3n) is 3.52. The minimum Gasteiger partial charge on any atom is -0.340 e. The van der Waals surface area contributed by atoms with Crippen LogP contribution in [0.15, 0.2) is 29.2 Å². The fourth-order valence-electron chi connectivity index (χ4n) is 2.32. The predicted octanol–water partition coefficient (Wildman–Crippen LogP) is 0.801. The molecule has 0 aliphatic carbocycles. The first-order valence-electron chi connectivity index (χ1n) is 6.77. The van der Waals surface area contributed by atoms with Gasteiger partial charge in [-0.15, -0.1) is 0 Å². The number of carbonyl (C=O) groups is 1. The molecule has 21 heavy (non-hydrogen) atoms. The summed E-state index contributed by atoms with van der Waals surface area (Å²) < 4.78 is 26.5. The Morgan fingerprint density at radius 3 is 2.43 bits per heavy atom. The molecule has 1 fully saturated rings. The van der Waals surface area contributed by atoms with Crippen molar-refractivity contribution in [1.29, 1.82) is 5.26 Å². The number of hydrogen-bond acceptors (Lipinski definition) is 4. The molecule has 0 aromatic heterocycles. The third kappa shape index (κ3) is 3.06. The van der Waals surface area contributed by atoms with Crippen molar-refractivity contribution in [3.05, 3.63) is 29.8 Å². The second-order valence-electron chi connectivity index (χ2n) is 4.75. The van der Waals surface area contributed by atoms with Gasteiger partial charge >= 0.3 is 0 Å². The zero-order valence-corrected chi connectivity index (χ0v) is 12.6. The second-order valence-corrected chi connectivity index (χ2v) is 6.65. The first kappa shape index (κ1) is 15.5. The van der Waals surface area contributed by atoms with Crippen LogP contribution in [0.25, 0.3) is 0 Å². The van der Waals surface area contributed by atoms with E-state index in [0.29, 0.717) is 19.5 Å². The van der Waals surface area contributed by atoms with Gasteiger partial charge < -0.3 is 4.90 Å². The molecule has 0 atom stereocenters. The lowest BCUT2D eigenvalue weighted by Crippen LogP contribution is -2.50. The molecule has 0 bridgehead atoms. The van der Waals surface area contributed by atoms with Crippen LogP contribution in [0.4, 0.5) is 0 Å². The molecule has 1 aliphatic rings. The van der Waals surface area contributed by atoms with E-state index in [0.717, 1.165) is 0 Å². The van der Waals surface area contributed by atoms with Crippen LogP contribution in [0.3, 0.4) is 0 Å². The molecule has 0 N–H and O–H groups in total. The quantitative estimate of drug-likeness (QED) is 0.827. The number of nitrogens with zero attached hydrogens (tertiary/aromatic N) is 3. The fourth-order valence-corrected chi connectivity index (χ4v) is 3.89. The molecule has 112 valence electrons. The van der Waals surface area contributed by atoms with Crippen molar-refractivity contribution in [1.82, 2.24) is 9.21 Å². The monoisotopic (exact) mass is 307 g/mol. The fraction of sp³-hybridized carbons (Fsp3) is 0.429. The van der Waals surface area contributed by atoms with E-state index < -0.39 is 10.0 Å². The number of nitriles is 1. The van der Waals surface area contributed by atoms with E-state index in [1.165, 1.54) is 16.4 Å². The van der Waals surface area contributed by atoms with Crippen LogP contribution >= 0.6 is 0 Å². The van der Waals surface area contributed by atoms with Gasteiger partial charge in [0.25, 0.3) is 0 Å². The van der Waals surface area contributed by atoms with E-state index in [-0.39, 0.29) is 29.5 Å².